The van der Waals surface area contributed by atoms with Gasteiger partial charge in [0.15, 0.2) is 0 Å². The van der Waals surface area contributed by atoms with Crippen LogP contribution in [0.1, 0.15) is 28.9 Å². The van der Waals surface area contributed by atoms with Gasteiger partial charge in [-0.3, -0.25) is 4.79 Å². The van der Waals surface area contributed by atoms with Gasteiger partial charge >= 0.3 is 0 Å². The molecule has 0 aliphatic carbocycles. The fourth-order valence-corrected chi connectivity index (χ4v) is 2.65. The first-order valence-corrected chi connectivity index (χ1v) is 7.39. The molecule has 0 aromatic heterocycles. The minimum absolute atomic E-state index is 0.0755. The largest absolute Gasteiger partial charge is 0.496 e. The van der Waals surface area contributed by atoms with E-state index < -0.39 is 0 Å². The molecule has 1 N–H and O–H groups in total. The number of amides is 1. The van der Waals surface area contributed by atoms with Crippen LogP contribution in [-0.4, -0.2) is 13.0 Å². The standard InChI is InChI=1S/C16H16INO2/c1-11(12-7-4-6-10-15(12)20-2)18-16(19)13-8-3-5-9-14(13)17/h3-11H,1-2H3,(H,18,19)/t11-/m0/s1. The number of halogens is 1. The number of benzene rings is 2. The third-order valence-corrected chi connectivity index (χ3v) is 4.01. The molecule has 2 aromatic rings. The number of carbonyl (C=O) groups excluding carboxylic acids is 1. The van der Waals surface area contributed by atoms with Crippen molar-refractivity contribution in [3.8, 4) is 5.75 Å². The number of ether oxygens (including phenoxy) is 1. The van der Waals surface area contributed by atoms with Crippen molar-refractivity contribution in [2.75, 3.05) is 7.11 Å². The minimum Gasteiger partial charge on any atom is -0.496 e. The minimum atomic E-state index is -0.116. The Labute approximate surface area is 132 Å². The zero-order valence-electron chi connectivity index (χ0n) is 11.4. The van der Waals surface area contributed by atoms with Gasteiger partial charge in [-0.2, -0.15) is 0 Å². The number of hydrogen-bond acceptors (Lipinski definition) is 2. The molecule has 104 valence electrons. The number of rotatable bonds is 4. The summed E-state index contributed by atoms with van der Waals surface area (Å²) in [6.07, 6.45) is 0. The lowest BCUT2D eigenvalue weighted by Gasteiger charge is -2.17. The first-order chi connectivity index (χ1) is 9.63. The van der Waals surface area contributed by atoms with Crippen LogP contribution in [0.25, 0.3) is 0 Å². The van der Waals surface area contributed by atoms with Gasteiger partial charge in [-0.15, -0.1) is 0 Å². The molecule has 0 heterocycles. The maximum Gasteiger partial charge on any atom is 0.252 e. The molecule has 3 nitrogen and oxygen atoms in total. The van der Waals surface area contributed by atoms with Crippen LogP contribution in [0, 0.1) is 3.57 Å². The summed E-state index contributed by atoms with van der Waals surface area (Å²) in [4.78, 5) is 12.3. The number of methoxy groups -OCH3 is 1. The molecule has 0 unspecified atom stereocenters. The van der Waals surface area contributed by atoms with E-state index in [1.807, 2.05) is 55.5 Å². The molecule has 0 saturated heterocycles. The molecule has 0 saturated carbocycles. The van der Waals surface area contributed by atoms with E-state index in [-0.39, 0.29) is 11.9 Å². The van der Waals surface area contributed by atoms with Gasteiger partial charge in [0, 0.05) is 9.13 Å². The number of para-hydroxylation sites is 1. The molecule has 2 aromatic carbocycles. The quantitative estimate of drug-likeness (QED) is 0.819. The lowest BCUT2D eigenvalue weighted by atomic mass is 10.1. The number of nitrogens with one attached hydrogen (secondary N) is 1. The molecule has 2 rings (SSSR count). The summed E-state index contributed by atoms with van der Waals surface area (Å²) in [5.74, 6) is 0.705. The molecule has 20 heavy (non-hydrogen) atoms. The Hall–Kier alpha value is -1.56. The predicted octanol–water partition coefficient (Wildman–Crippen LogP) is 3.79. The monoisotopic (exact) mass is 381 g/mol. The van der Waals surface area contributed by atoms with Gasteiger partial charge in [0.2, 0.25) is 0 Å². The van der Waals surface area contributed by atoms with Gasteiger partial charge in [-0.05, 0) is 47.7 Å². The fourth-order valence-electron chi connectivity index (χ4n) is 2.02. The predicted molar refractivity (Wildman–Crippen MR) is 88.0 cm³/mol. The van der Waals surface area contributed by atoms with Crippen LogP contribution in [0.5, 0.6) is 5.75 Å². The number of hydrogen-bond donors (Lipinski definition) is 1. The molecule has 0 fully saturated rings. The van der Waals surface area contributed by atoms with E-state index in [2.05, 4.69) is 27.9 Å². The summed E-state index contributed by atoms with van der Waals surface area (Å²) in [6, 6.07) is 15.1. The second-order valence-electron chi connectivity index (χ2n) is 4.42. The van der Waals surface area contributed by atoms with Crippen LogP contribution >= 0.6 is 22.6 Å². The van der Waals surface area contributed by atoms with Crippen LogP contribution in [-0.2, 0) is 0 Å². The molecule has 0 radical (unpaired) electrons. The summed E-state index contributed by atoms with van der Waals surface area (Å²) in [7, 11) is 1.63. The smallest absolute Gasteiger partial charge is 0.252 e. The van der Waals surface area contributed by atoms with Crippen LogP contribution in [0.2, 0.25) is 0 Å². The van der Waals surface area contributed by atoms with E-state index >= 15 is 0 Å². The van der Waals surface area contributed by atoms with Crippen LogP contribution in [0.3, 0.4) is 0 Å². The van der Waals surface area contributed by atoms with E-state index in [9.17, 15) is 4.79 Å². The Bertz CT molecular complexity index is 613. The topological polar surface area (TPSA) is 38.3 Å². The van der Waals surface area contributed by atoms with Crippen molar-refractivity contribution in [3.05, 3.63) is 63.2 Å². The van der Waals surface area contributed by atoms with Gasteiger partial charge in [0.1, 0.15) is 5.75 Å². The SMILES string of the molecule is COc1ccccc1[C@H](C)NC(=O)c1ccccc1I. The van der Waals surface area contributed by atoms with Crippen molar-refractivity contribution < 1.29 is 9.53 Å². The Morgan fingerprint density at radius 1 is 1.15 bits per heavy atom. The highest BCUT2D eigenvalue weighted by molar-refractivity contribution is 14.1. The summed E-state index contributed by atoms with van der Waals surface area (Å²) >= 11 is 2.17. The highest BCUT2D eigenvalue weighted by Crippen LogP contribution is 2.24. The van der Waals surface area contributed by atoms with E-state index in [0.717, 1.165) is 14.9 Å². The lowest BCUT2D eigenvalue weighted by molar-refractivity contribution is 0.0938. The Morgan fingerprint density at radius 2 is 1.80 bits per heavy atom. The average Bonchev–Trinajstić information content (AvgIpc) is 2.47. The molecule has 0 bridgehead atoms. The molecule has 4 heteroatoms. The third kappa shape index (κ3) is 3.30. The first kappa shape index (κ1) is 14.8. The maximum atomic E-state index is 12.3. The van der Waals surface area contributed by atoms with Gasteiger partial charge < -0.3 is 10.1 Å². The molecular formula is C16H16INO2. The van der Waals surface area contributed by atoms with E-state index in [1.165, 1.54) is 0 Å². The maximum absolute atomic E-state index is 12.3. The van der Waals surface area contributed by atoms with Crippen molar-refractivity contribution >= 4 is 28.5 Å². The molecule has 1 amide bonds. The molecule has 0 spiro atoms. The van der Waals surface area contributed by atoms with Crippen LogP contribution < -0.4 is 10.1 Å². The highest BCUT2D eigenvalue weighted by Gasteiger charge is 2.15. The van der Waals surface area contributed by atoms with Gasteiger partial charge in [0.25, 0.3) is 5.91 Å². The zero-order chi connectivity index (χ0) is 14.5. The second-order valence-corrected chi connectivity index (χ2v) is 5.58. The average molecular weight is 381 g/mol. The van der Waals surface area contributed by atoms with Crippen molar-refractivity contribution in [3.63, 3.8) is 0 Å². The second kappa shape index (κ2) is 6.74. The summed E-state index contributed by atoms with van der Waals surface area (Å²) in [5, 5.41) is 3.00. The summed E-state index contributed by atoms with van der Waals surface area (Å²) in [5.41, 5.74) is 1.66. The lowest BCUT2D eigenvalue weighted by Crippen LogP contribution is -2.27. The Kier molecular flexibility index (Phi) is 5.00. The van der Waals surface area contributed by atoms with E-state index in [1.54, 1.807) is 7.11 Å². The summed E-state index contributed by atoms with van der Waals surface area (Å²) < 4.78 is 6.26. The Morgan fingerprint density at radius 3 is 2.50 bits per heavy atom. The molecule has 1 atom stereocenters. The van der Waals surface area contributed by atoms with Crippen LogP contribution in [0.4, 0.5) is 0 Å². The Balaban J connectivity index is 2.18. The van der Waals surface area contributed by atoms with E-state index in [4.69, 9.17) is 4.74 Å². The van der Waals surface area contributed by atoms with Gasteiger partial charge in [0.05, 0.1) is 18.7 Å². The first-order valence-electron chi connectivity index (χ1n) is 6.31. The van der Waals surface area contributed by atoms with E-state index in [0.29, 0.717) is 5.56 Å². The fraction of sp³-hybridized carbons (Fsp3) is 0.188. The summed E-state index contributed by atoms with van der Waals surface area (Å²) in [6.45, 7) is 1.95. The van der Waals surface area contributed by atoms with Crippen LogP contribution in [0.15, 0.2) is 48.5 Å². The third-order valence-electron chi connectivity index (χ3n) is 3.07. The molecule has 0 aliphatic heterocycles. The molecular weight excluding hydrogens is 365 g/mol. The van der Waals surface area contributed by atoms with Crippen molar-refractivity contribution in [1.29, 1.82) is 0 Å². The normalized spacial score (nSPS) is 11.8. The number of carbonyl (C=O) groups is 1. The van der Waals surface area contributed by atoms with Crippen molar-refractivity contribution in [1.82, 2.24) is 5.32 Å². The van der Waals surface area contributed by atoms with Gasteiger partial charge in [-0.25, -0.2) is 0 Å². The highest BCUT2D eigenvalue weighted by atomic mass is 127. The van der Waals surface area contributed by atoms with Crippen molar-refractivity contribution in [2.45, 2.75) is 13.0 Å². The molecule has 0 aliphatic rings. The zero-order valence-corrected chi connectivity index (χ0v) is 13.5. The van der Waals surface area contributed by atoms with Gasteiger partial charge in [-0.1, -0.05) is 30.3 Å². The van der Waals surface area contributed by atoms with Crippen molar-refractivity contribution in [2.24, 2.45) is 0 Å².